The second-order valence-corrected chi connectivity index (χ2v) is 8.30. The number of benzene rings is 2. The quantitative estimate of drug-likeness (QED) is 0.489. The van der Waals surface area contributed by atoms with Gasteiger partial charge >= 0.3 is 0 Å². The number of nitrogens with zero attached hydrogens (tertiary/aromatic N) is 2. The van der Waals surface area contributed by atoms with Gasteiger partial charge in [0.1, 0.15) is 30.4 Å². The number of rotatable bonds is 7. The molecule has 0 radical (unpaired) electrons. The van der Waals surface area contributed by atoms with E-state index in [4.69, 9.17) is 5.73 Å². The fourth-order valence-electron chi connectivity index (χ4n) is 5.13. The second-order valence-electron chi connectivity index (χ2n) is 8.30. The third kappa shape index (κ3) is 4.35. The van der Waals surface area contributed by atoms with Gasteiger partial charge in [-0.05, 0) is 43.2 Å². The van der Waals surface area contributed by atoms with Gasteiger partial charge in [0.05, 0.1) is 0 Å². The Balaban J connectivity index is 0.00000272. The Morgan fingerprint density at radius 1 is 1.03 bits per heavy atom. The minimum absolute atomic E-state index is 0. The molecule has 1 fully saturated rings. The van der Waals surface area contributed by atoms with Crippen LogP contribution in [0.4, 0.5) is 0 Å². The molecule has 2 aromatic carbocycles. The lowest BCUT2D eigenvalue weighted by Gasteiger charge is -2.37. The molecule has 1 aromatic heterocycles. The van der Waals surface area contributed by atoms with Crippen LogP contribution in [0.1, 0.15) is 43.4 Å². The van der Waals surface area contributed by atoms with Gasteiger partial charge in [0.15, 0.2) is 5.78 Å². The number of halogens is 1. The maximum Gasteiger partial charge on any atom is 0.244 e. The molecule has 1 aliphatic rings. The van der Waals surface area contributed by atoms with Crippen molar-refractivity contribution in [1.82, 2.24) is 4.57 Å². The molecule has 0 bridgehead atoms. The summed E-state index contributed by atoms with van der Waals surface area (Å²) < 4.78 is 4.08. The fraction of sp³-hybridized carbons (Fsp3) is 0.320. The van der Waals surface area contributed by atoms with Crippen LogP contribution < -0.4 is 27.3 Å². The smallest absolute Gasteiger partial charge is 0.244 e. The molecule has 1 amide bonds. The third-order valence-corrected chi connectivity index (χ3v) is 6.40. The molecule has 162 valence electrons. The van der Waals surface area contributed by atoms with E-state index in [2.05, 4.69) is 4.57 Å². The molecular weight excluding hydrogens is 454 g/mol. The lowest BCUT2D eigenvalue weighted by atomic mass is 9.64. The van der Waals surface area contributed by atoms with E-state index in [1.54, 1.807) is 6.92 Å². The Kier molecular flexibility index (Phi) is 7.11. The lowest BCUT2D eigenvalue weighted by Crippen LogP contribution is -3.00. The molecule has 0 aliphatic heterocycles. The number of ketones is 1. The van der Waals surface area contributed by atoms with Gasteiger partial charge in [0, 0.05) is 0 Å². The molecule has 2 unspecified atom stereocenters. The van der Waals surface area contributed by atoms with Crippen LogP contribution in [0, 0.1) is 5.92 Å². The minimum atomic E-state index is -0.861. The Bertz CT molecular complexity index is 994. The highest BCUT2D eigenvalue weighted by Crippen LogP contribution is 2.49. The zero-order chi connectivity index (χ0) is 21.1. The zero-order valence-corrected chi connectivity index (χ0v) is 19.2. The fourth-order valence-corrected chi connectivity index (χ4v) is 5.13. The monoisotopic (exact) mass is 481 g/mol. The molecule has 31 heavy (non-hydrogen) atoms. The van der Waals surface area contributed by atoms with Gasteiger partial charge in [-0.2, -0.15) is 0 Å². The van der Waals surface area contributed by atoms with Crippen molar-refractivity contribution in [2.24, 2.45) is 11.7 Å². The number of carbonyl (C=O) groups is 2. The number of carbonyl (C=O) groups excluding carboxylic acids is 2. The number of Topliss-reactive ketones (excluding diaryl/α,β-unsaturated/α-hetero) is 1. The molecule has 2 atom stereocenters. The summed E-state index contributed by atoms with van der Waals surface area (Å²) in [6.07, 6.45) is 8.67. The van der Waals surface area contributed by atoms with Gasteiger partial charge in [-0.1, -0.05) is 60.7 Å². The summed E-state index contributed by atoms with van der Waals surface area (Å²) in [6, 6.07) is 20.1. The van der Waals surface area contributed by atoms with Crippen molar-refractivity contribution >= 4 is 11.7 Å². The van der Waals surface area contributed by atoms with E-state index in [-0.39, 0.29) is 40.6 Å². The Morgan fingerprint density at radius 2 is 1.61 bits per heavy atom. The van der Waals surface area contributed by atoms with Gasteiger partial charge in [-0.25, -0.2) is 9.13 Å². The standard InChI is InChI=1S/C25H27N3O2.BrH/c1-19(29)17-27-14-15-28(18-27)23-13-12-22(16-23)25(24(26)30,20-8-4-2-5-9-20)21-10-6-3-7-11-21;/h2-11,14-15,18,22-23H,12-13,16-17H2,1H3,(H-,26,30);1H. The number of nitrogens with two attached hydrogens (primary N) is 1. The topological polar surface area (TPSA) is 69.0 Å². The molecule has 1 saturated carbocycles. The highest BCUT2D eigenvalue weighted by molar-refractivity contribution is 5.91. The summed E-state index contributed by atoms with van der Waals surface area (Å²) in [6.45, 7) is 1.97. The van der Waals surface area contributed by atoms with Crippen LogP contribution in [0.3, 0.4) is 0 Å². The van der Waals surface area contributed by atoms with Crippen molar-refractivity contribution in [2.45, 2.75) is 44.2 Å². The van der Waals surface area contributed by atoms with E-state index in [0.717, 1.165) is 30.4 Å². The number of aromatic nitrogens is 2. The van der Waals surface area contributed by atoms with E-state index in [1.807, 2.05) is 84.0 Å². The van der Waals surface area contributed by atoms with E-state index < -0.39 is 5.41 Å². The van der Waals surface area contributed by atoms with Crippen molar-refractivity contribution in [3.63, 3.8) is 0 Å². The van der Waals surface area contributed by atoms with Crippen molar-refractivity contribution in [3.05, 3.63) is 90.5 Å². The summed E-state index contributed by atoms with van der Waals surface area (Å²) >= 11 is 0. The first-order chi connectivity index (χ1) is 14.5. The molecular formula is C25H28BrN3O2. The maximum absolute atomic E-state index is 13.2. The van der Waals surface area contributed by atoms with Crippen LogP contribution in [0.2, 0.25) is 0 Å². The number of hydrogen-bond donors (Lipinski definition) is 1. The predicted octanol–water partition coefficient (Wildman–Crippen LogP) is 0.181. The Morgan fingerprint density at radius 3 is 2.13 bits per heavy atom. The van der Waals surface area contributed by atoms with E-state index in [0.29, 0.717) is 6.54 Å². The average Bonchev–Trinajstić information content (AvgIpc) is 3.40. The summed E-state index contributed by atoms with van der Waals surface area (Å²) in [5, 5.41) is 0. The van der Waals surface area contributed by atoms with Crippen LogP contribution in [-0.4, -0.2) is 16.3 Å². The number of amides is 1. The van der Waals surface area contributed by atoms with Crippen LogP contribution in [0.15, 0.2) is 79.4 Å². The normalized spacial score (nSPS) is 18.4. The maximum atomic E-state index is 13.2. The van der Waals surface area contributed by atoms with Crippen molar-refractivity contribution < 1.29 is 31.1 Å². The Labute approximate surface area is 193 Å². The summed E-state index contributed by atoms with van der Waals surface area (Å²) in [4.78, 5) is 24.6. The molecule has 3 aromatic rings. The minimum Gasteiger partial charge on any atom is -1.00 e. The van der Waals surface area contributed by atoms with E-state index >= 15 is 0 Å². The molecule has 4 rings (SSSR count). The lowest BCUT2D eigenvalue weighted by molar-refractivity contribution is -0.683. The number of hydrogen-bond acceptors (Lipinski definition) is 2. The highest BCUT2D eigenvalue weighted by Gasteiger charge is 2.50. The summed E-state index contributed by atoms with van der Waals surface area (Å²) in [5.41, 5.74) is 7.21. The molecule has 1 heterocycles. The molecule has 0 spiro atoms. The van der Waals surface area contributed by atoms with Gasteiger partial charge < -0.3 is 22.7 Å². The van der Waals surface area contributed by atoms with Crippen LogP contribution in [0.5, 0.6) is 0 Å². The van der Waals surface area contributed by atoms with Gasteiger partial charge in [0.25, 0.3) is 0 Å². The largest absolute Gasteiger partial charge is 1.00 e. The molecule has 5 nitrogen and oxygen atoms in total. The van der Waals surface area contributed by atoms with Gasteiger partial charge in [0.2, 0.25) is 12.2 Å². The molecule has 0 saturated heterocycles. The van der Waals surface area contributed by atoms with Crippen LogP contribution in [0.25, 0.3) is 0 Å². The molecule has 1 aliphatic carbocycles. The third-order valence-electron chi connectivity index (χ3n) is 6.40. The summed E-state index contributed by atoms with van der Waals surface area (Å²) in [5.74, 6) is -0.0823. The predicted molar refractivity (Wildman–Crippen MR) is 115 cm³/mol. The zero-order valence-electron chi connectivity index (χ0n) is 17.7. The van der Waals surface area contributed by atoms with Crippen molar-refractivity contribution in [3.8, 4) is 0 Å². The SMILES string of the molecule is CC(=O)C[n+]1ccn(C2CCC(C(C(N)=O)(c3ccccc3)c3ccccc3)C2)c1.[Br-]. The first-order valence-corrected chi connectivity index (χ1v) is 10.5. The number of imidazole rings is 1. The highest BCUT2D eigenvalue weighted by atomic mass is 79.9. The Hall–Kier alpha value is -2.73. The van der Waals surface area contributed by atoms with E-state index in [1.165, 1.54) is 0 Å². The summed E-state index contributed by atoms with van der Waals surface area (Å²) in [7, 11) is 0. The second kappa shape index (κ2) is 9.60. The van der Waals surface area contributed by atoms with E-state index in [9.17, 15) is 9.59 Å². The number of primary amides is 1. The van der Waals surface area contributed by atoms with Gasteiger partial charge in [-0.15, -0.1) is 0 Å². The van der Waals surface area contributed by atoms with Crippen molar-refractivity contribution in [1.29, 1.82) is 0 Å². The molecule has 6 heteroatoms. The van der Waals surface area contributed by atoms with Crippen molar-refractivity contribution in [2.75, 3.05) is 0 Å². The first-order valence-electron chi connectivity index (χ1n) is 10.5. The van der Waals surface area contributed by atoms with Crippen LogP contribution >= 0.6 is 0 Å². The van der Waals surface area contributed by atoms with Crippen LogP contribution in [-0.2, 0) is 21.5 Å². The van der Waals surface area contributed by atoms with Gasteiger partial charge in [-0.3, -0.25) is 9.59 Å². The first kappa shape index (κ1) is 22.9. The average molecular weight is 482 g/mol. The molecule has 2 N–H and O–H groups in total.